The van der Waals surface area contributed by atoms with E-state index in [1.807, 2.05) is 6.92 Å². The van der Waals surface area contributed by atoms with Crippen LogP contribution in [0.2, 0.25) is 0 Å². The van der Waals surface area contributed by atoms with Gasteiger partial charge in [0.05, 0.1) is 12.0 Å². The number of aliphatic carboxylic acids is 1. The highest BCUT2D eigenvalue weighted by Crippen LogP contribution is 2.33. The molecular weight excluding hydrogens is 192 g/mol. The number of carboxylic acid groups (broad SMARTS) is 1. The Balaban J connectivity index is 2.54. The average Bonchev–Trinajstić information content (AvgIpc) is 2.25. The zero-order chi connectivity index (χ0) is 11.3. The van der Waals surface area contributed by atoms with Gasteiger partial charge < -0.3 is 9.84 Å². The zero-order valence-corrected chi connectivity index (χ0v) is 9.74. The Bertz CT molecular complexity index is 203. The third-order valence-electron chi connectivity index (χ3n) is 3.49. The number of carbonyl (C=O) groups is 1. The standard InChI is InChI=1S/C12H22O3/c1-3-5-11(12(13)14)9-6-4-7-10(8-9)15-2/h9-11H,3-8H2,1-2H3,(H,13,14). The van der Waals surface area contributed by atoms with Crippen LogP contribution in [0.1, 0.15) is 45.4 Å². The van der Waals surface area contributed by atoms with Gasteiger partial charge in [0, 0.05) is 7.11 Å². The van der Waals surface area contributed by atoms with E-state index >= 15 is 0 Å². The first kappa shape index (κ1) is 12.5. The van der Waals surface area contributed by atoms with Crippen molar-refractivity contribution in [3.8, 4) is 0 Å². The van der Waals surface area contributed by atoms with E-state index in [1.165, 1.54) is 0 Å². The molecule has 1 aliphatic carbocycles. The lowest BCUT2D eigenvalue weighted by molar-refractivity contribution is -0.145. The summed E-state index contributed by atoms with van der Waals surface area (Å²) in [5, 5.41) is 9.17. The summed E-state index contributed by atoms with van der Waals surface area (Å²) >= 11 is 0. The van der Waals surface area contributed by atoms with Gasteiger partial charge in [0.15, 0.2) is 0 Å². The molecule has 3 atom stereocenters. The van der Waals surface area contributed by atoms with Crippen LogP contribution >= 0.6 is 0 Å². The highest BCUT2D eigenvalue weighted by molar-refractivity contribution is 5.70. The van der Waals surface area contributed by atoms with Crippen molar-refractivity contribution in [1.29, 1.82) is 0 Å². The number of ether oxygens (including phenoxy) is 1. The number of rotatable bonds is 5. The van der Waals surface area contributed by atoms with Gasteiger partial charge in [0.2, 0.25) is 0 Å². The monoisotopic (exact) mass is 214 g/mol. The van der Waals surface area contributed by atoms with Crippen LogP contribution in [0.3, 0.4) is 0 Å². The molecule has 0 aromatic heterocycles. The maximum Gasteiger partial charge on any atom is 0.306 e. The van der Waals surface area contributed by atoms with E-state index in [4.69, 9.17) is 4.74 Å². The lowest BCUT2D eigenvalue weighted by atomic mass is 9.77. The summed E-state index contributed by atoms with van der Waals surface area (Å²) < 4.78 is 5.34. The van der Waals surface area contributed by atoms with E-state index in [2.05, 4.69) is 0 Å². The van der Waals surface area contributed by atoms with E-state index in [1.54, 1.807) is 7.11 Å². The largest absolute Gasteiger partial charge is 0.481 e. The fourth-order valence-electron chi connectivity index (χ4n) is 2.63. The van der Waals surface area contributed by atoms with Crippen LogP contribution in [0, 0.1) is 11.8 Å². The summed E-state index contributed by atoms with van der Waals surface area (Å²) in [7, 11) is 1.72. The lowest BCUT2D eigenvalue weighted by Crippen LogP contribution is -2.31. The molecule has 0 amide bonds. The second kappa shape index (κ2) is 6.11. The van der Waals surface area contributed by atoms with Crippen molar-refractivity contribution in [2.45, 2.75) is 51.6 Å². The first-order valence-corrected chi connectivity index (χ1v) is 5.94. The Labute approximate surface area is 91.8 Å². The Morgan fingerprint density at radius 3 is 2.80 bits per heavy atom. The fraction of sp³-hybridized carbons (Fsp3) is 0.917. The van der Waals surface area contributed by atoms with Gasteiger partial charge in [-0.3, -0.25) is 4.79 Å². The highest BCUT2D eigenvalue weighted by atomic mass is 16.5. The van der Waals surface area contributed by atoms with Crippen molar-refractivity contribution in [3.63, 3.8) is 0 Å². The second-order valence-electron chi connectivity index (χ2n) is 4.52. The summed E-state index contributed by atoms with van der Waals surface area (Å²) in [6, 6.07) is 0. The molecule has 0 bridgehead atoms. The summed E-state index contributed by atoms with van der Waals surface area (Å²) in [4.78, 5) is 11.1. The van der Waals surface area contributed by atoms with Crippen molar-refractivity contribution < 1.29 is 14.6 Å². The Hall–Kier alpha value is -0.570. The van der Waals surface area contributed by atoms with E-state index in [0.717, 1.165) is 38.5 Å². The molecule has 1 fully saturated rings. The Morgan fingerprint density at radius 1 is 1.53 bits per heavy atom. The maximum absolute atomic E-state index is 11.1. The summed E-state index contributed by atoms with van der Waals surface area (Å²) in [6.07, 6.45) is 6.20. The quantitative estimate of drug-likeness (QED) is 0.765. The van der Waals surface area contributed by atoms with E-state index in [-0.39, 0.29) is 12.0 Å². The van der Waals surface area contributed by atoms with Crippen LogP contribution in [0.4, 0.5) is 0 Å². The van der Waals surface area contributed by atoms with E-state index in [9.17, 15) is 9.90 Å². The molecule has 0 aromatic carbocycles. The molecule has 0 saturated heterocycles. The average molecular weight is 214 g/mol. The highest BCUT2D eigenvalue weighted by Gasteiger charge is 2.31. The Kier molecular flexibility index (Phi) is 5.09. The minimum absolute atomic E-state index is 0.159. The molecule has 0 heterocycles. The molecule has 1 aliphatic rings. The normalized spacial score (nSPS) is 28.7. The van der Waals surface area contributed by atoms with Crippen molar-refractivity contribution >= 4 is 5.97 Å². The first-order chi connectivity index (χ1) is 7.19. The second-order valence-corrected chi connectivity index (χ2v) is 4.52. The van der Waals surface area contributed by atoms with Gasteiger partial charge in [-0.25, -0.2) is 0 Å². The van der Waals surface area contributed by atoms with Crippen molar-refractivity contribution in [2.75, 3.05) is 7.11 Å². The maximum atomic E-state index is 11.1. The smallest absolute Gasteiger partial charge is 0.306 e. The summed E-state index contributed by atoms with van der Waals surface area (Å²) in [5.74, 6) is -0.465. The van der Waals surface area contributed by atoms with Crippen LogP contribution < -0.4 is 0 Å². The summed E-state index contributed by atoms with van der Waals surface area (Å²) in [6.45, 7) is 2.05. The molecule has 1 rings (SSSR count). The minimum Gasteiger partial charge on any atom is -0.481 e. The molecule has 3 nitrogen and oxygen atoms in total. The Morgan fingerprint density at radius 2 is 2.27 bits per heavy atom. The van der Waals surface area contributed by atoms with Crippen LogP contribution in [-0.2, 0) is 9.53 Å². The van der Waals surface area contributed by atoms with Crippen LogP contribution in [0.25, 0.3) is 0 Å². The molecule has 1 saturated carbocycles. The molecule has 0 spiro atoms. The molecule has 0 aromatic rings. The van der Waals surface area contributed by atoms with Gasteiger partial charge in [0.25, 0.3) is 0 Å². The molecule has 3 heteroatoms. The third-order valence-corrected chi connectivity index (χ3v) is 3.49. The number of hydrogen-bond acceptors (Lipinski definition) is 2. The predicted molar refractivity (Wildman–Crippen MR) is 58.8 cm³/mol. The number of methoxy groups -OCH3 is 1. The van der Waals surface area contributed by atoms with Gasteiger partial charge in [-0.2, -0.15) is 0 Å². The van der Waals surface area contributed by atoms with Crippen LogP contribution in [-0.4, -0.2) is 24.3 Å². The van der Waals surface area contributed by atoms with E-state index in [0.29, 0.717) is 5.92 Å². The van der Waals surface area contributed by atoms with Crippen molar-refractivity contribution in [3.05, 3.63) is 0 Å². The van der Waals surface area contributed by atoms with Crippen LogP contribution in [0.15, 0.2) is 0 Å². The number of hydrogen-bond donors (Lipinski definition) is 1. The zero-order valence-electron chi connectivity index (χ0n) is 9.74. The molecule has 1 N–H and O–H groups in total. The topological polar surface area (TPSA) is 46.5 Å². The predicted octanol–water partition coefficient (Wildman–Crippen LogP) is 2.69. The minimum atomic E-state index is -0.626. The summed E-state index contributed by atoms with van der Waals surface area (Å²) in [5.41, 5.74) is 0. The van der Waals surface area contributed by atoms with Crippen molar-refractivity contribution in [2.24, 2.45) is 11.8 Å². The molecule has 3 unspecified atom stereocenters. The van der Waals surface area contributed by atoms with Gasteiger partial charge in [0.1, 0.15) is 0 Å². The van der Waals surface area contributed by atoms with Gasteiger partial charge in [-0.15, -0.1) is 0 Å². The molecule has 0 radical (unpaired) electrons. The first-order valence-electron chi connectivity index (χ1n) is 5.94. The number of carboxylic acids is 1. The molecule has 15 heavy (non-hydrogen) atoms. The van der Waals surface area contributed by atoms with Gasteiger partial charge >= 0.3 is 5.97 Å². The fourth-order valence-corrected chi connectivity index (χ4v) is 2.63. The molecule has 88 valence electrons. The van der Waals surface area contributed by atoms with E-state index < -0.39 is 5.97 Å². The van der Waals surface area contributed by atoms with Crippen molar-refractivity contribution in [1.82, 2.24) is 0 Å². The lowest BCUT2D eigenvalue weighted by Gasteiger charge is -2.31. The SMILES string of the molecule is CCCC(C(=O)O)C1CCCC(OC)C1. The van der Waals surface area contributed by atoms with Gasteiger partial charge in [-0.05, 0) is 31.6 Å². The molecule has 0 aliphatic heterocycles. The van der Waals surface area contributed by atoms with Gasteiger partial charge in [-0.1, -0.05) is 19.8 Å². The van der Waals surface area contributed by atoms with Crippen LogP contribution in [0.5, 0.6) is 0 Å². The molecular formula is C12H22O3. The third kappa shape index (κ3) is 3.49.